The predicted molar refractivity (Wildman–Crippen MR) is 211 cm³/mol. The summed E-state index contributed by atoms with van der Waals surface area (Å²) in [5, 5.41) is 0. The fourth-order valence-corrected chi connectivity index (χ4v) is 7.44. The van der Waals surface area contributed by atoms with Crippen LogP contribution >= 0.6 is 0 Å². The third kappa shape index (κ3) is 8.16. The number of carbonyl (C=O) groups is 2. The molecule has 292 valence electrons. The van der Waals surface area contributed by atoms with Gasteiger partial charge in [-0.25, -0.2) is 13.2 Å². The molecular weight excluding hydrogens is 737 g/mol. The Hall–Kier alpha value is -6.01. The molecule has 0 saturated heterocycles. The van der Waals surface area contributed by atoms with Crippen LogP contribution in [0, 0.1) is 0 Å². The molecule has 1 aliphatic carbocycles. The number of ether oxygens (including phenoxy) is 7. The zero-order valence-electron chi connectivity index (χ0n) is 32.2. The Balaban J connectivity index is 0.000000202. The van der Waals surface area contributed by atoms with Crippen molar-refractivity contribution in [3.05, 3.63) is 113 Å². The molecule has 0 unspecified atom stereocenters. The van der Waals surface area contributed by atoms with Crippen molar-refractivity contribution in [3.63, 3.8) is 0 Å². The maximum absolute atomic E-state index is 12.0. The molecule has 1 aliphatic heterocycles. The predicted octanol–water partition coefficient (Wildman–Crippen LogP) is 8.31. The number of benzene rings is 5. The van der Waals surface area contributed by atoms with Crippen LogP contribution in [0.3, 0.4) is 0 Å². The maximum Gasteiger partial charge on any atom is 0.338 e. The highest BCUT2D eigenvalue weighted by Crippen LogP contribution is 2.47. The second-order valence-corrected chi connectivity index (χ2v) is 14.9. The average molecular weight is 781 g/mol. The minimum absolute atomic E-state index is 0.190. The SMILES string of the molecule is CCOc1c(OC)ccc(-c2cccc3c2CCC3=O)c1OC.CCOc1ccc(-c2ccc3c(c2)COC3=O)c(OCc2ccc(S(C)(=O)=O)cc2)c1OC. The number of ketones is 1. The molecule has 0 radical (unpaired) electrons. The molecule has 12 heteroatoms. The highest BCUT2D eigenvalue weighted by atomic mass is 32.2. The molecule has 1 heterocycles. The van der Waals surface area contributed by atoms with Crippen molar-refractivity contribution in [2.75, 3.05) is 40.8 Å². The van der Waals surface area contributed by atoms with Crippen molar-refractivity contribution in [1.82, 2.24) is 0 Å². The van der Waals surface area contributed by atoms with E-state index >= 15 is 0 Å². The highest BCUT2D eigenvalue weighted by Gasteiger charge is 2.26. The topological polar surface area (TPSA) is 133 Å². The average Bonchev–Trinajstić information content (AvgIpc) is 3.78. The van der Waals surface area contributed by atoms with Gasteiger partial charge < -0.3 is 33.2 Å². The number of esters is 1. The Morgan fingerprint density at radius 1 is 0.625 bits per heavy atom. The van der Waals surface area contributed by atoms with Gasteiger partial charge in [0.15, 0.2) is 38.6 Å². The Kier molecular flexibility index (Phi) is 12.2. The van der Waals surface area contributed by atoms with E-state index in [-0.39, 0.29) is 29.9 Å². The summed E-state index contributed by atoms with van der Waals surface area (Å²) in [6.45, 7) is 5.20. The molecule has 0 atom stereocenters. The minimum atomic E-state index is -3.27. The fourth-order valence-electron chi connectivity index (χ4n) is 6.81. The van der Waals surface area contributed by atoms with Crippen LogP contribution < -0.4 is 28.4 Å². The van der Waals surface area contributed by atoms with E-state index in [1.807, 2.05) is 68.4 Å². The van der Waals surface area contributed by atoms with Crippen LogP contribution in [0.2, 0.25) is 0 Å². The van der Waals surface area contributed by atoms with Crippen molar-refractivity contribution >= 4 is 21.6 Å². The zero-order chi connectivity index (χ0) is 40.0. The summed E-state index contributed by atoms with van der Waals surface area (Å²) >= 11 is 0. The molecule has 5 aromatic carbocycles. The van der Waals surface area contributed by atoms with Gasteiger partial charge in [0.2, 0.25) is 11.5 Å². The first-order valence-corrected chi connectivity index (χ1v) is 20.0. The van der Waals surface area contributed by atoms with Crippen LogP contribution in [-0.2, 0) is 34.2 Å². The number of methoxy groups -OCH3 is 3. The maximum atomic E-state index is 12.0. The van der Waals surface area contributed by atoms with E-state index in [0.717, 1.165) is 50.9 Å². The summed E-state index contributed by atoms with van der Waals surface area (Å²) in [6.07, 6.45) is 2.51. The van der Waals surface area contributed by atoms with Crippen LogP contribution in [0.4, 0.5) is 0 Å². The number of carbonyl (C=O) groups excluding carboxylic acids is 2. The highest BCUT2D eigenvalue weighted by molar-refractivity contribution is 7.90. The lowest BCUT2D eigenvalue weighted by molar-refractivity contribution is 0.0535. The number of Topliss-reactive ketones (excluding diaryl/α,β-unsaturated/α-hetero) is 1. The molecule has 0 N–H and O–H groups in total. The second-order valence-electron chi connectivity index (χ2n) is 12.9. The van der Waals surface area contributed by atoms with Gasteiger partial charge in [0, 0.05) is 34.9 Å². The van der Waals surface area contributed by atoms with Crippen LogP contribution in [0.5, 0.6) is 34.5 Å². The first-order valence-electron chi connectivity index (χ1n) is 18.1. The van der Waals surface area contributed by atoms with Gasteiger partial charge in [-0.05, 0) is 91.1 Å². The van der Waals surface area contributed by atoms with Crippen LogP contribution in [0.15, 0.2) is 89.8 Å². The first kappa shape index (κ1) is 39.7. The van der Waals surface area contributed by atoms with E-state index in [1.54, 1.807) is 51.7 Å². The van der Waals surface area contributed by atoms with Crippen LogP contribution in [0.1, 0.15) is 57.7 Å². The van der Waals surface area contributed by atoms with Gasteiger partial charge in [-0.3, -0.25) is 4.79 Å². The molecule has 0 spiro atoms. The van der Waals surface area contributed by atoms with Gasteiger partial charge in [-0.1, -0.05) is 36.4 Å². The number of rotatable bonds is 13. The van der Waals surface area contributed by atoms with E-state index in [1.165, 1.54) is 6.26 Å². The number of hydrogen-bond acceptors (Lipinski definition) is 11. The van der Waals surface area contributed by atoms with Crippen LogP contribution in [0.25, 0.3) is 22.3 Å². The minimum Gasteiger partial charge on any atom is -0.493 e. The number of fused-ring (bicyclic) bond motifs is 2. The monoisotopic (exact) mass is 780 g/mol. The van der Waals surface area contributed by atoms with Crippen molar-refractivity contribution in [1.29, 1.82) is 0 Å². The molecule has 7 rings (SSSR count). The normalized spacial score (nSPS) is 12.8. The Morgan fingerprint density at radius 3 is 1.98 bits per heavy atom. The standard InChI is InChI=1S/C25H24O7S.C19H20O4/c1-4-30-22-12-11-20(17-7-10-21-18(13-17)15-32-25(21)26)23(24(22)29-2)31-14-16-5-8-19(9-6-16)33(3,27)28;1-4-23-19-17(21-2)11-9-15(18(19)22-3)12-6-5-7-14-13(12)8-10-16(14)20/h5-13H,4,14-15H2,1-3H3;5-7,9,11H,4,8,10H2,1-3H3. The quantitative estimate of drug-likeness (QED) is 0.107. The van der Waals surface area contributed by atoms with Gasteiger partial charge >= 0.3 is 5.97 Å². The summed E-state index contributed by atoms with van der Waals surface area (Å²) in [4.78, 5) is 24.1. The molecule has 11 nitrogen and oxygen atoms in total. The lowest BCUT2D eigenvalue weighted by Crippen LogP contribution is -2.03. The lowest BCUT2D eigenvalue weighted by atomic mass is 9.95. The van der Waals surface area contributed by atoms with Crippen molar-refractivity contribution in [2.45, 2.75) is 44.8 Å². The van der Waals surface area contributed by atoms with E-state index in [4.69, 9.17) is 33.2 Å². The number of sulfone groups is 1. The molecule has 0 amide bonds. The Morgan fingerprint density at radius 2 is 1.30 bits per heavy atom. The molecule has 0 saturated carbocycles. The fraction of sp³-hybridized carbons (Fsp3) is 0.273. The smallest absolute Gasteiger partial charge is 0.338 e. The van der Waals surface area contributed by atoms with Crippen molar-refractivity contribution in [2.24, 2.45) is 0 Å². The number of hydrogen-bond donors (Lipinski definition) is 0. The van der Waals surface area contributed by atoms with Gasteiger partial charge in [0.1, 0.15) is 13.2 Å². The summed E-state index contributed by atoms with van der Waals surface area (Å²) < 4.78 is 62.9. The van der Waals surface area contributed by atoms with E-state index < -0.39 is 9.84 Å². The lowest BCUT2D eigenvalue weighted by Gasteiger charge is -2.19. The molecule has 0 aromatic heterocycles. The summed E-state index contributed by atoms with van der Waals surface area (Å²) in [5.74, 6) is 3.24. The Bertz CT molecular complexity index is 2370. The third-order valence-corrected chi connectivity index (χ3v) is 10.6. The summed E-state index contributed by atoms with van der Waals surface area (Å²) in [6, 6.07) is 25.4. The second kappa shape index (κ2) is 17.2. The zero-order valence-corrected chi connectivity index (χ0v) is 33.0. The van der Waals surface area contributed by atoms with Gasteiger partial charge in [-0.2, -0.15) is 0 Å². The largest absolute Gasteiger partial charge is 0.493 e. The first-order chi connectivity index (χ1) is 27.0. The molecule has 0 bridgehead atoms. The summed E-state index contributed by atoms with van der Waals surface area (Å²) in [7, 11) is 1.50. The van der Waals surface area contributed by atoms with Gasteiger partial charge in [0.05, 0.1) is 45.0 Å². The van der Waals surface area contributed by atoms with E-state index in [0.29, 0.717) is 59.7 Å². The van der Waals surface area contributed by atoms with Crippen molar-refractivity contribution < 1.29 is 51.2 Å². The molecule has 56 heavy (non-hydrogen) atoms. The van der Waals surface area contributed by atoms with Crippen LogP contribution in [-0.4, -0.2) is 61.0 Å². The van der Waals surface area contributed by atoms with E-state index in [9.17, 15) is 18.0 Å². The molecular formula is C44H44O11S. The van der Waals surface area contributed by atoms with E-state index in [2.05, 4.69) is 0 Å². The third-order valence-electron chi connectivity index (χ3n) is 9.47. The Labute approximate surface area is 327 Å². The van der Waals surface area contributed by atoms with Gasteiger partial charge in [0.25, 0.3) is 0 Å². The molecule has 2 aliphatic rings. The molecule has 5 aromatic rings. The van der Waals surface area contributed by atoms with Crippen molar-refractivity contribution in [3.8, 4) is 56.8 Å². The molecule has 0 fully saturated rings. The number of cyclic esters (lactones) is 1. The van der Waals surface area contributed by atoms with Gasteiger partial charge in [-0.15, -0.1) is 0 Å². The summed E-state index contributed by atoms with van der Waals surface area (Å²) in [5.41, 5.74) is 7.63.